The highest BCUT2D eigenvalue weighted by atomic mass is 19.1. The highest BCUT2D eigenvalue weighted by Gasteiger charge is 2.36. The van der Waals surface area contributed by atoms with Crippen LogP contribution in [0.4, 0.5) is 10.1 Å². The van der Waals surface area contributed by atoms with Crippen molar-refractivity contribution in [2.24, 2.45) is 11.7 Å². The van der Waals surface area contributed by atoms with Crippen LogP contribution in [0.5, 0.6) is 0 Å². The topological polar surface area (TPSA) is 106 Å². The van der Waals surface area contributed by atoms with E-state index in [-0.39, 0.29) is 11.3 Å². The minimum atomic E-state index is -1.54. The molecule has 0 fully saturated rings. The van der Waals surface area contributed by atoms with E-state index in [0.29, 0.717) is 0 Å². The first-order chi connectivity index (χ1) is 8.17. The highest BCUT2D eigenvalue weighted by Crippen LogP contribution is 2.31. The molecule has 0 aliphatic rings. The van der Waals surface area contributed by atoms with Crippen LogP contribution < -0.4 is 5.73 Å². The summed E-state index contributed by atoms with van der Waals surface area (Å²) < 4.78 is 13.7. The van der Waals surface area contributed by atoms with Gasteiger partial charge in [0.1, 0.15) is 5.82 Å². The summed E-state index contributed by atoms with van der Waals surface area (Å²) in [5.41, 5.74) is 3.75. The van der Waals surface area contributed by atoms with Crippen LogP contribution >= 0.6 is 0 Å². The first-order valence-electron chi connectivity index (χ1n) is 5.14. The molecule has 18 heavy (non-hydrogen) atoms. The number of benzene rings is 1. The van der Waals surface area contributed by atoms with Gasteiger partial charge in [-0.1, -0.05) is 0 Å². The first kappa shape index (κ1) is 14.0. The van der Waals surface area contributed by atoms with Crippen molar-refractivity contribution in [3.8, 4) is 0 Å². The van der Waals surface area contributed by atoms with Gasteiger partial charge in [-0.2, -0.15) is 0 Å². The Labute approximate surface area is 102 Å². The van der Waals surface area contributed by atoms with Crippen LogP contribution in [-0.4, -0.2) is 16.0 Å². The van der Waals surface area contributed by atoms with Crippen LogP contribution in [0.25, 0.3) is 0 Å². The predicted octanol–water partition coefficient (Wildman–Crippen LogP) is 1.63. The van der Waals surface area contributed by atoms with Crippen molar-refractivity contribution < 1.29 is 19.2 Å². The molecule has 0 aliphatic carbocycles. The van der Waals surface area contributed by atoms with E-state index in [1.165, 1.54) is 13.8 Å². The summed E-state index contributed by atoms with van der Waals surface area (Å²) in [5.74, 6) is -3.06. The highest BCUT2D eigenvalue weighted by molar-refractivity contribution is 5.71. The lowest BCUT2D eigenvalue weighted by atomic mass is 9.81. The summed E-state index contributed by atoms with van der Waals surface area (Å²) in [6.07, 6.45) is 0. The fourth-order valence-electron chi connectivity index (χ4n) is 1.53. The van der Waals surface area contributed by atoms with Gasteiger partial charge in [-0.25, -0.2) is 4.39 Å². The van der Waals surface area contributed by atoms with Gasteiger partial charge in [0, 0.05) is 17.7 Å². The molecule has 1 aromatic carbocycles. The summed E-state index contributed by atoms with van der Waals surface area (Å²) in [7, 11) is 0. The maximum absolute atomic E-state index is 13.7. The minimum absolute atomic E-state index is 0.188. The molecule has 0 heterocycles. The molecule has 0 bridgehead atoms. The molecule has 0 radical (unpaired) electrons. The second-order valence-corrected chi connectivity index (χ2v) is 4.26. The number of halogens is 1. The largest absolute Gasteiger partial charge is 0.481 e. The van der Waals surface area contributed by atoms with Crippen LogP contribution in [0.3, 0.4) is 0 Å². The van der Waals surface area contributed by atoms with E-state index in [1.54, 1.807) is 0 Å². The number of nitrogens with two attached hydrogens (primary N) is 1. The Morgan fingerprint density at radius 1 is 1.61 bits per heavy atom. The molecule has 1 rings (SSSR count). The van der Waals surface area contributed by atoms with Crippen molar-refractivity contribution in [2.45, 2.75) is 19.4 Å². The zero-order valence-electron chi connectivity index (χ0n) is 9.88. The Bertz CT molecular complexity index is 502. The van der Waals surface area contributed by atoms with E-state index in [1.807, 2.05) is 0 Å². The third kappa shape index (κ3) is 2.45. The molecule has 0 saturated heterocycles. The van der Waals surface area contributed by atoms with E-state index in [4.69, 9.17) is 10.8 Å². The third-order valence-electron chi connectivity index (χ3n) is 3.01. The average Bonchev–Trinajstić information content (AvgIpc) is 2.27. The Hall–Kier alpha value is -2.02. The van der Waals surface area contributed by atoms with Gasteiger partial charge in [-0.15, -0.1) is 0 Å². The number of rotatable bonds is 4. The molecule has 0 amide bonds. The Balaban J connectivity index is 3.35. The van der Waals surface area contributed by atoms with Gasteiger partial charge >= 0.3 is 5.97 Å². The fourth-order valence-corrected chi connectivity index (χ4v) is 1.53. The van der Waals surface area contributed by atoms with Crippen molar-refractivity contribution in [3.05, 3.63) is 39.7 Å². The zero-order chi connectivity index (χ0) is 14.1. The van der Waals surface area contributed by atoms with Gasteiger partial charge in [0.15, 0.2) is 0 Å². The second-order valence-electron chi connectivity index (χ2n) is 4.26. The van der Waals surface area contributed by atoms with E-state index < -0.39 is 28.2 Å². The molecule has 1 aromatic rings. The lowest BCUT2D eigenvalue weighted by molar-refractivity contribution is -0.385. The number of carbonyl (C=O) groups is 1. The lowest BCUT2D eigenvalue weighted by Crippen LogP contribution is -2.44. The molecule has 0 saturated carbocycles. The second kappa shape index (κ2) is 4.69. The zero-order valence-corrected chi connectivity index (χ0v) is 9.88. The van der Waals surface area contributed by atoms with E-state index >= 15 is 0 Å². The Morgan fingerprint density at radius 2 is 2.17 bits per heavy atom. The lowest BCUT2D eigenvalue weighted by Gasteiger charge is -2.29. The molecule has 0 aromatic heterocycles. The van der Waals surface area contributed by atoms with E-state index in [2.05, 4.69) is 0 Å². The standard InChI is InChI=1S/C11H13FN2O4/c1-6(10(15)16)11(2,13)8-5-7(14(17)18)3-4-9(8)12/h3-6H,13H2,1-2H3,(H,15,16). The van der Waals surface area contributed by atoms with Gasteiger partial charge in [-0.3, -0.25) is 14.9 Å². The first-order valence-corrected chi connectivity index (χ1v) is 5.14. The van der Waals surface area contributed by atoms with Crippen molar-refractivity contribution in [2.75, 3.05) is 0 Å². The Morgan fingerprint density at radius 3 is 2.61 bits per heavy atom. The van der Waals surface area contributed by atoms with Gasteiger partial charge in [0.05, 0.1) is 16.4 Å². The van der Waals surface area contributed by atoms with Gasteiger partial charge in [0.25, 0.3) is 5.69 Å². The van der Waals surface area contributed by atoms with Gasteiger partial charge in [0.2, 0.25) is 0 Å². The van der Waals surface area contributed by atoms with Gasteiger partial charge in [-0.05, 0) is 19.9 Å². The van der Waals surface area contributed by atoms with Crippen molar-refractivity contribution in [1.29, 1.82) is 0 Å². The van der Waals surface area contributed by atoms with E-state index in [0.717, 1.165) is 18.2 Å². The molecule has 2 atom stereocenters. The van der Waals surface area contributed by atoms with Crippen LogP contribution in [0.15, 0.2) is 18.2 Å². The number of nitro groups is 1. The molecule has 3 N–H and O–H groups in total. The molecular weight excluding hydrogens is 243 g/mol. The number of nitrogens with zero attached hydrogens (tertiary/aromatic N) is 1. The van der Waals surface area contributed by atoms with Crippen LogP contribution in [-0.2, 0) is 10.3 Å². The van der Waals surface area contributed by atoms with Crippen molar-refractivity contribution in [1.82, 2.24) is 0 Å². The van der Waals surface area contributed by atoms with E-state index in [9.17, 15) is 19.3 Å². The smallest absolute Gasteiger partial charge is 0.308 e. The monoisotopic (exact) mass is 256 g/mol. The summed E-state index contributed by atoms with van der Waals surface area (Å²) >= 11 is 0. The quantitative estimate of drug-likeness (QED) is 0.629. The number of aliphatic carboxylic acids is 1. The molecular formula is C11H13FN2O4. The van der Waals surface area contributed by atoms with Crippen molar-refractivity contribution in [3.63, 3.8) is 0 Å². The molecule has 0 aliphatic heterocycles. The Kier molecular flexibility index (Phi) is 3.66. The molecule has 2 unspecified atom stereocenters. The number of hydrogen-bond acceptors (Lipinski definition) is 4. The molecule has 7 heteroatoms. The number of carboxylic acid groups (broad SMARTS) is 1. The molecule has 6 nitrogen and oxygen atoms in total. The summed E-state index contributed by atoms with van der Waals surface area (Å²) in [6, 6.07) is 2.88. The van der Waals surface area contributed by atoms with Crippen LogP contribution in [0, 0.1) is 21.8 Å². The summed E-state index contributed by atoms with van der Waals surface area (Å²) in [4.78, 5) is 20.8. The average molecular weight is 256 g/mol. The van der Waals surface area contributed by atoms with Gasteiger partial charge < -0.3 is 10.8 Å². The minimum Gasteiger partial charge on any atom is -0.481 e. The maximum atomic E-state index is 13.7. The normalized spacial score (nSPS) is 15.8. The maximum Gasteiger partial charge on any atom is 0.308 e. The number of carboxylic acids is 1. The predicted molar refractivity (Wildman–Crippen MR) is 61.4 cm³/mol. The number of non-ortho nitro benzene ring substituents is 1. The summed E-state index contributed by atoms with van der Waals surface area (Å²) in [5, 5.41) is 19.5. The third-order valence-corrected chi connectivity index (χ3v) is 3.01. The number of hydrogen-bond donors (Lipinski definition) is 2. The van der Waals surface area contributed by atoms with Crippen LogP contribution in [0.1, 0.15) is 19.4 Å². The van der Waals surface area contributed by atoms with Crippen LogP contribution in [0.2, 0.25) is 0 Å². The fraction of sp³-hybridized carbons (Fsp3) is 0.364. The SMILES string of the molecule is CC(C(=O)O)C(C)(N)c1cc([N+](=O)[O-])ccc1F. The molecule has 0 spiro atoms. The number of nitro benzene ring substituents is 1. The molecule has 98 valence electrons. The van der Waals surface area contributed by atoms with Crippen molar-refractivity contribution >= 4 is 11.7 Å². The summed E-state index contributed by atoms with van der Waals surface area (Å²) in [6.45, 7) is 2.65.